The summed E-state index contributed by atoms with van der Waals surface area (Å²) in [6.07, 6.45) is 1.02. The summed E-state index contributed by atoms with van der Waals surface area (Å²) in [5.41, 5.74) is 12.5. The highest BCUT2D eigenvalue weighted by Crippen LogP contribution is 2.49. The minimum Gasteiger partial charge on any atom is -0.493 e. The van der Waals surface area contributed by atoms with Crippen molar-refractivity contribution in [3.05, 3.63) is 88.7 Å². The highest BCUT2D eigenvalue weighted by atomic mass is 19.1. The highest BCUT2D eigenvalue weighted by molar-refractivity contribution is 5.65. The summed E-state index contributed by atoms with van der Waals surface area (Å²) < 4.78 is 25.8. The topological polar surface area (TPSA) is 45.8 Å². The molecular formula is C27H30FN3O2. The fourth-order valence-corrected chi connectivity index (χ4v) is 5.14. The van der Waals surface area contributed by atoms with Gasteiger partial charge in [0.25, 0.3) is 0 Å². The Kier molecular flexibility index (Phi) is 5.96. The van der Waals surface area contributed by atoms with E-state index in [1.54, 1.807) is 20.3 Å². The Balaban J connectivity index is 1.55. The first-order chi connectivity index (χ1) is 16.1. The zero-order chi connectivity index (χ0) is 22.9. The van der Waals surface area contributed by atoms with Crippen LogP contribution in [0.2, 0.25) is 0 Å². The number of methoxy groups -OCH3 is 2. The van der Waals surface area contributed by atoms with Crippen molar-refractivity contribution in [1.29, 1.82) is 0 Å². The molecule has 0 bridgehead atoms. The Morgan fingerprint density at radius 2 is 1.64 bits per heavy atom. The number of hydrogen-bond donors (Lipinski definition) is 2. The van der Waals surface area contributed by atoms with Gasteiger partial charge >= 0.3 is 0 Å². The van der Waals surface area contributed by atoms with E-state index in [1.165, 1.54) is 17.2 Å². The van der Waals surface area contributed by atoms with Gasteiger partial charge in [-0.3, -0.25) is 0 Å². The van der Waals surface area contributed by atoms with Gasteiger partial charge < -0.3 is 14.4 Å². The molecule has 1 saturated heterocycles. The molecule has 0 spiro atoms. The summed E-state index contributed by atoms with van der Waals surface area (Å²) in [5.74, 6) is 1.44. The molecule has 6 heteroatoms. The monoisotopic (exact) mass is 447 g/mol. The van der Waals surface area contributed by atoms with Gasteiger partial charge in [0.15, 0.2) is 11.5 Å². The Labute approximate surface area is 194 Å². The number of nitrogens with one attached hydrogen (secondary N) is 2. The molecule has 0 aliphatic carbocycles. The van der Waals surface area contributed by atoms with Crippen molar-refractivity contribution < 1.29 is 13.9 Å². The first-order valence-corrected chi connectivity index (χ1v) is 11.5. The molecule has 0 amide bonds. The second-order valence-corrected chi connectivity index (χ2v) is 8.74. The van der Waals surface area contributed by atoms with Crippen LogP contribution < -0.4 is 25.2 Å². The lowest BCUT2D eigenvalue weighted by atomic mass is 9.81. The third-order valence-corrected chi connectivity index (χ3v) is 6.96. The van der Waals surface area contributed by atoms with Crippen LogP contribution in [0.15, 0.2) is 60.7 Å². The maximum atomic E-state index is 14.6. The fraction of sp³-hybridized carbons (Fsp3) is 0.333. The maximum Gasteiger partial charge on any atom is 0.162 e. The predicted molar refractivity (Wildman–Crippen MR) is 128 cm³/mol. The quantitative estimate of drug-likeness (QED) is 0.561. The van der Waals surface area contributed by atoms with Gasteiger partial charge in [-0.1, -0.05) is 49.4 Å². The van der Waals surface area contributed by atoms with Crippen molar-refractivity contribution >= 4 is 5.69 Å². The van der Waals surface area contributed by atoms with Crippen LogP contribution in [0.4, 0.5) is 10.1 Å². The molecule has 5 nitrogen and oxygen atoms in total. The molecule has 1 fully saturated rings. The van der Waals surface area contributed by atoms with Crippen molar-refractivity contribution in [2.24, 2.45) is 5.92 Å². The van der Waals surface area contributed by atoms with Gasteiger partial charge in [0.1, 0.15) is 5.82 Å². The fourth-order valence-electron chi connectivity index (χ4n) is 5.14. The van der Waals surface area contributed by atoms with Gasteiger partial charge in [-0.2, -0.15) is 0 Å². The Morgan fingerprint density at radius 3 is 2.33 bits per heavy atom. The van der Waals surface area contributed by atoms with Crippen molar-refractivity contribution in [2.45, 2.75) is 32.0 Å². The molecule has 2 aliphatic heterocycles. The summed E-state index contributed by atoms with van der Waals surface area (Å²) in [7, 11) is 3.29. The van der Waals surface area contributed by atoms with Crippen LogP contribution in [-0.2, 0) is 13.0 Å². The van der Waals surface area contributed by atoms with Gasteiger partial charge in [-0.25, -0.2) is 15.2 Å². The maximum absolute atomic E-state index is 14.6. The van der Waals surface area contributed by atoms with Gasteiger partial charge in [0.2, 0.25) is 0 Å². The lowest BCUT2D eigenvalue weighted by Crippen LogP contribution is -2.39. The van der Waals surface area contributed by atoms with Crippen molar-refractivity contribution in [2.75, 3.05) is 25.7 Å². The normalized spacial score (nSPS) is 21.5. The smallest absolute Gasteiger partial charge is 0.162 e. The molecule has 0 saturated carbocycles. The van der Waals surface area contributed by atoms with E-state index in [9.17, 15) is 4.39 Å². The minimum absolute atomic E-state index is 0.104. The minimum atomic E-state index is -0.184. The van der Waals surface area contributed by atoms with Gasteiger partial charge in [-0.05, 0) is 35.2 Å². The van der Waals surface area contributed by atoms with E-state index >= 15 is 0 Å². The van der Waals surface area contributed by atoms with Gasteiger partial charge in [0.05, 0.1) is 26.3 Å². The number of ether oxygens (including phenoxy) is 2. The van der Waals surface area contributed by atoms with Crippen molar-refractivity contribution in [3.63, 3.8) is 0 Å². The Morgan fingerprint density at radius 1 is 0.939 bits per heavy atom. The number of anilines is 1. The highest BCUT2D eigenvalue weighted by Gasteiger charge is 2.44. The molecule has 2 heterocycles. The van der Waals surface area contributed by atoms with E-state index in [4.69, 9.17) is 9.47 Å². The first kappa shape index (κ1) is 21.7. The van der Waals surface area contributed by atoms with Crippen LogP contribution >= 0.6 is 0 Å². The molecule has 5 rings (SSSR count). The Bertz CT molecular complexity index is 1130. The Hall–Kier alpha value is -3.09. The number of benzene rings is 3. The molecule has 0 radical (unpaired) electrons. The van der Waals surface area contributed by atoms with Crippen LogP contribution in [0, 0.1) is 11.7 Å². The number of rotatable bonds is 6. The zero-order valence-corrected chi connectivity index (χ0v) is 19.3. The number of nitrogens with zero attached hydrogens (tertiary/aromatic N) is 1. The van der Waals surface area contributed by atoms with E-state index < -0.39 is 0 Å². The van der Waals surface area contributed by atoms with Crippen LogP contribution in [0.3, 0.4) is 0 Å². The lowest BCUT2D eigenvalue weighted by molar-refractivity contribution is 0.350. The van der Waals surface area contributed by atoms with E-state index in [2.05, 4.69) is 53.0 Å². The SMILES string of the molecule is CCc1ccc(C2NNC3c4cc(OC)c(OC)cc4N(Cc4ccccc4F)CC23)cc1. The number of aryl methyl sites for hydroxylation is 1. The zero-order valence-electron chi connectivity index (χ0n) is 19.3. The van der Waals surface area contributed by atoms with Gasteiger partial charge in [-0.15, -0.1) is 0 Å². The molecular weight excluding hydrogens is 417 g/mol. The number of halogens is 1. The summed E-state index contributed by atoms with van der Waals surface area (Å²) in [4.78, 5) is 2.26. The van der Waals surface area contributed by atoms with E-state index in [1.807, 2.05) is 18.2 Å². The number of hydrogen-bond acceptors (Lipinski definition) is 5. The van der Waals surface area contributed by atoms with Gasteiger partial charge in [0, 0.05) is 36.3 Å². The molecule has 3 aromatic carbocycles. The van der Waals surface area contributed by atoms with Crippen LogP contribution in [0.25, 0.3) is 0 Å². The molecule has 3 atom stereocenters. The number of hydrazine groups is 1. The van der Waals surface area contributed by atoms with E-state index in [0.717, 1.165) is 24.2 Å². The molecule has 3 aromatic rings. The van der Waals surface area contributed by atoms with Crippen molar-refractivity contribution in [1.82, 2.24) is 10.9 Å². The average Bonchev–Trinajstić information content (AvgIpc) is 3.28. The lowest BCUT2D eigenvalue weighted by Gasteiger charge is -2.39. The second-order valence-electron chi connectivity index (χ2n) is 8.74. The largest absolute Gasteiger partial charge is 0.493 e. The van der Waals surface area contributed by atoms with Crippen LogP contribution in [-0.4, -0.2) is 20.8 Å². The molecule has 3 unspecified atom stereocenters. The predicted octanol–water partition coefficient (Wildman–Crippen LogP) is 4.93. The van der Waals surface area contributed by atoms with Crippen LogP contribution in [0.1, 0.15) is 41.3 Å². The van der Waals surface area contributed by atoms with E-state index in [0.29, 0.717) is 23.6 Å². The molecule has 2 aliphatic rings. The second kappa shape index (κ2) is 9.04. The van der Waals surface area contributed by atoms with Crippen molar-refractivity contribution in [3.8, 4) is 11.5 Å². The summed E-state index contributed by atoms with van der Waals surface area (Å²) in [5, 5.41) is 0. The average molecular weight is 448 g/mol. The molecule has 2 N–H and O–H groups in total. The summed E-state index contributed by atoms with van der Waals surface area (Å²) >= 11 is 0. The van der Waals surface area contributed by atoms with E-state index in [-0.39, 0.29) is 23.8 Å². The molecule has 172 valence electrons. The first-order valence-electron chi connectivity index (χ1n) is 11.5. The third-order valence-electron chi connectivity index (χ3n) is 6.96. The standard InChI is InChI=1S/C27H30FN3O2/c1-4-17-9-11-18(12-10-17)26-21-16-31(15-19-7-5-6-8-22(19)28)23-14-25(33-3)24(32-2)13-20(23)27(21)30-29-26/h5-14,21,26-27,29-30H,4,15-16H2,1-3H3. The summed E-state index contributed by atoms with van der Waals surface area (Å²) in [6, 6.07) is 20.1. The third kappa shape index (κ3) is 3.94. The summed E-state index contributed by atoms with van der Waals surface area (Å²) in [6.45, 7) is 3.43. The molecule has 33 heavy (non-hydrogen) atoms. The number of fused-ring (bicyclic) bond motifs is 3. The molecule has 0 aromatic heterocycles. The van der Waals surface area contributed by atoms with Crippen LogP contribution in [0.5, 0.6) is 11.5 Å².